The van der Waals surface area contributed by atoms with Crippen molar-refractivity contribution >= 4 is 23.9 Å². The number of benzene rings is 2. The molecule has 0 aliphatic rings. The Bertz CT molecular complexity index is 702. The first-order chi connectivity index (χ1) is 11.7. The topological polar surface area (TPSA) is 87.3 Å². The third-order valence-corrected chi connectivity index (χ3v) is 3.21. The van der Waals surface area contributed by atoms with Gasteiger partial charge in [-0.3, -0.25) is 4.79 Å². The number of carbonyl (C=O) groups excluding carboxylic acids is 3. The third-order valence-electron chi connectivity index (χ3n) is 3.21. The van der Waals surface area contributed by atoms with Crippen LogP contribution in [0.4, 0.5) is 10.5 Å². The van der Waals surface area contributed by atoms with Gasteiger partial charge in [0.05, 0.1) is 0 Å². The van der Waals surface area contributed by atoms with Crippen LogP contribution < -0.4 is 16.0 Å². The molecular weight excluding hydrogens is 306 g/mol. The molecule has 2 aromatic rings. The van der Waals surface area contributed by atoms with Crippen LogP contribution in [0.15, 0.2) is 54.6 Å². The first kappa shape index (κ1) is 17.2. The Morgan fingerprint density at radius 2 is 1.79 bits per heavy atom. The molecule has 3 N–H and O–H groups in total. The molecule has 0 fully saturated rings. The summed E-state index contributed by atoms with van der Waals surface area (Å²) in [5, 5.41) is 7.75. The minimum absolute atomic E-state index is 0.343. The zero-order chi connectivity index (χ0) is 17.2. The van der Waals surface area contributed by atoms with Crippen LogP contribution in [0.1, 0.15) is 15.9 Å². The van der Waals surface area contributed by atoms with Gasteiger partial charge in [0, 0.05) is 17.8 Å². The van der Waals surface area contributed by atoms with E-state index in [4.69, 9.17) is 0 Å². The number of amides is 3. The van der Waals surface area contributed by atoms with Crippen LogP contribution in [0.2, 0.25) is 0 Å². The second-order valence-corrected chi connectivity index (χ2v) is 4.97. The predicted octanol–water partition coefficient (Wildman–Crippen LogP) is 2.14. The fourth-order valence-corrected chi connectivity index (χ4v) is 2.07. The molecule has 3 amide bonds. The van der Waals surface area contributed by atoms with Gasteiger partial charge in [-0.1, -0.05) is 36.4 Å². The SMILES string of the molecule is O=C[CH]NC(=O)c1cccc(NC(=O)NCCc2ccccc2)c1. The van der Waals surface area contributed by atoms with E-state index in [9.17, 15) is 14.4 Å². The molecule has 0 atom stereocenters. The van der Waals surface area contributed by atoms with Gasteiger partial charge >= 0.3 is 6.03 Å². The number of rotatable bonds is 7. The standard InChI is InChI=1S/C18H18N3O3/c22-12-11-19-17(23)15-7-4-8-16(13-15)21-18(24)20-10-9-14-5-2-1-3-6-14/h1-8,11-13H,9-10H2,(H,19,23)(H2,20,21,24). The van der Waals surface area contributed by atoms with Gasteiger partial charge < -0.3 is 20.7 Å². The zero-order valence-electron chi connectivity index (χ0n) is 13.0. The van der Waals surface area contributed by atoms with E-state index in [1.165, 1.54) is 6.07 Å². The predicted molar refractivity (Wildman–Crippen MR) is 91.4 cm³/mol. The van der Waals surface area contributed by atoms with E-state index in [0.29, 0.717) is 24.1 Å². The number of anilines is 1. The van der Waals surface area contributed by atoms with Gasteiger partial charge in [0.25, 0.3) is 5.91 Å². The van der Waals surface area contributed by atoms with Crippen LogP contribution in [-0.4, -0.2) is 24.8 Å². The maximum absolute atomic E-state index is 11.9. The molecule has 6 heteroatoms. The van der Waals surface area contributed by atoms with E-state index in [1.54, 1.807) is 18.2 Å². The lowest BCUT2D eigenvalue weighted by molar-refractivity contribution is -0.105. The van der Waals surface area contributed by atoms with Gasteiger partial charge in [0.2, 0.25) is 0 Å². The highest BCUT2D eigenvalue weighted by Crippen LogP contribution is 2.10. The second kappa shape index (κ2) is 9.09. The molecule has 0 spiro atoms. The normalized spacial score (nSPS) is 9.83. The molecule has 0 aromatic heterocycles. The Morgan fingerprint density at radius 3 is 2.54 bits per heavy atom. The number of carbonyl (C=O) groups is 3. The summed E-state index contributed by atoms with van der Waals surface area (Å²) >= 11 is 0. The van der Waals surface area contributed by atoms with Crippen LogP contribution in [0, 0.1) is 6.54 Å². The lowest BCUT2D eigenvalue weighted by atomic mass is 10.1. The Morgan fingerprint density at radius 1 is 1.00 bits per heavy atom. The Kier molecular flexibility index (Phi) is 6.52. The van der Waals surface area contributed by atoms with E-state index in [-0.39, 0.29) is 6.03 Å². The van der Waals surface area contributed by atoms with Gasteiger partial charge in [-0.2, -0.15) is 0 Å². The Balaban J connectivity index is 1.83. The average Bonchev–Trinajstić information content (AvgIpc) is 2.61. The van der Waals surface area contributed by atoms with Crippen LogP contribution in [0.25, 0.3) is 0 Å². The van der Waals surface area contributed by atoms with Gasteiger partial charge in [-0.05, 0) is 30.2 Å². The average molecular weight is 324 g/mol. The summed E-state index contributed by atoms with van der Waals surface area (Å²) in [6.07, 6.45) is 1.22. The summed E-state index contributed by atoms with van der Waals surface area (Å²) in [6.45, 7) is 1.52. The van der Waals surface area contributed by atoms with Crippen LogP contribution in [-0.2, 0) is 11.2 Å². The van der Waals surface area contributed by atoms with Crippen molar-refractivity contribution in [2.24, 2.45) is 0 Å². The zero-order valence-corrected chi connectivity index (χ0v) is 13.0. The van der Waals surface area contributed by atoms with Crippen molar-refractivity contribution in [1.29, 1.82) is 0 Å². The molecule has 0 saturated carbocycles. The van der Waals surface area contributed by atoms with Gasteiger partial charge in [-0.15, -0.1) is 0 Å². The molecule has 0 saturated heterocycles. The summed E-state index contributed by atoms with van der Waals surface area (Å²) in [5.41, 5.74) is 1.98. The van der Waals surface area contributed by atoms with E-state index in [0.717, 1.165) is 18.5 Å². The van der Waals surface area contributed by atoms with Crippen molar-refractivity contribution in [3.8, 4) is 0 Å². The maximum atomic E-state index is 11.9. The smallest absolute Gasteiger partial charge is 0.319 e. The molecule has 0 heterocycles. The molecule has 1 radical (unpaired) electrons. The first-order valence-corrected chi connectivity index (χ1v) is 7.46. The number of hydrogen-bond donors (Lipinski definition) is 3. The molecule has 0 aliphatic carbocycles. The van der Waals surface area contributed by atoms with Crippen molar-refractivity contribution in [1.82, 2.24) is 10.6 Å². The number of hydrogen-bond acceptors (Lipinski definition) is 3. The molecule has 24 heavy (non-hydrogen) atoms. The number of nitrogens with one attached hydrogen (secondary N) is 3. The van der Waals surface area contributed by atoms with Gasteiger partial charge in [0.15, 0.2) is 0 Å². The quantitative estimate of drug-likeness (QED) is 0.682. The first-order valence-electron chi connectivity index (χ1n) is 7.46. The highest BCUT2D eigenvalue weighted by Gasteiger charge is 2.07. The van der Waals surface area contributed by atoms with Gasteiger partial charge in [-0.25, -0.2) is 4.79 Å². The minimum atomic E-state index is -0.421. The molecule has 0 aliphatic heterocycles. The van der Waals surface area contributed by atoms with Crippen molar-refractivity contribution < 1.29 is 14.4 Å². The highest BCUT2D eigenvalue weighted by molar-refractivity contribution is 5.98. The lowest BCUT2D eigenvalue weighted by Crippen LogP contribution is -2.30. The van der Waals surface area contributed by atoms with E-state index >= 15 is 0 Å². The van der Waals surface area contributed by atoms with Crippen molar-refractivity contribution in [2.45, 2.75) is 6.42 Å². The fraction of sp³-hybridized carbons (Fsp3) is 0.111. The largest absolute Gasteiger partial charge is 0.340 e. The molecule has 123 valence electrons. The van der Waals surface area contributed by atoms with Crippen LogP contribution >= 0.6 is 0 Å². The summed E-state index contributed by atoms with van der Waals surface area (Å²) < 4.78 is 0. The van der Waals surface area contributed by atoms with Crippen molar-refractivity contribution in [3.63, 3.8) is 0 Å². The van der Waals surface area contributed by atoms with Crippen molar-refractivity contribution in [2.75, 3.05) is 11.9 Å². The molecule has 0 unspecified atom stereocenters. The van der Waals surface area contributed by atoms with Crippen LogP contribution in [0.5, 0.6) is 0 Å². The summed E-state index contributed by atoms with van der Waals surface area (Å²) in [7, 11) is 0. The third kappa shape index (κ3) is 5.57. The lowest BCUT2D eigenvalue weighted by Gasteiger charge is -2.09. The molecule has 2 rings (SSSR count). The van der Waals surface area contributed by atoms with Gasteiger partial charge in [0.1, 0.15) is 12.8 Å². The van der Waals surface area contributed by atoms with E-state index in [1.807, 2.05) is 30.3 Å². The minimum Gasteiger partial charge on any atom is -0.340 e. The molecular formula is C18H18N3O3. The van der Waals surface area contributed by atoms with Crippen molar-refractivity contribution in [3.05, 3.63) is 72.3 Å². The number of aldehydes is 1. The van der Waals surface area contributed by atoms with E-state index < -0.39 is 5.91 Å². The fourth-order valence-electron chi connectivity index (χ4n) is 2.07. The maximum Gasteiger partial charge on any atom is 0.319 e. The summed E-state index contributed by atoms with van der Waals surface area (Å²) in [4.78, 5) is 33.8. The Hall–Kier alpha value is -3.15. The highest BCUT2D eigenvalue weighted by atomic mass is 16.2. The second-order valence-electron chi connectivity index (χ2n) is 4.97. The van der Waals surface area contributed by atoms with E-state index in [2.05, 4.69) is 16.0 Å². The molecule has 2 aromatic carbocycles. The molecule has 0 bridgehead atoms. The monoisotopic (exact) mass is 324 g/mol. The Labute approximate surface area is 140 Å². The summed E-state index contributed by atoms with van der Waals surface area (Å²) in [6, 6.07) is 15.9. The summed E-state index contributed by atoms with van der Waals surface area (Å²) in [5.74, 6) is -0.421. The number of urea groups is 1. The molecule has 6 nitrogen and oxygen atoms in total. The van der Waals surface area contributed by atoms with Crippen LogP contribution in [0.3, 0.4) is 0 Å².